The number of rotatable bonds is 12. The van der Waals surface area contributed by atoms with Crippen LogP contribution in [0.5, 0.6) is 0 Å². The minimum absolute atomic E-state index is 0.0322. The molecule has 6 nitrogen and oxygen atoms in total. The lowest BCUT2D eigenvalue weighted by Crippen LogP contribution is -2.37. The predicted octanol–water partition coefficient (Wildman–Crippen LogP) is 5.12. The van der Waals surface area contributed by atoms with Crippen molar-refractivity contribution < 1.29 is 14.0 Å². The van der Waals surface area contributed by atoms with Crippen molar-refractivity contribution in [1.82, 2.24) is 10.2 Å². The van der Waals surface area contributed by atoms with Crippen molar-refractivity contribution in [3.63, 3.8) is 0 Å². The maximum Gasteiger partial charge on any atom is 0.251 e. The summed E-state index contributed by atoms with van der Waals surface area (Å²) in [6.45, 7) is 6.33. The fraction of sp³-hybridized carbons (Fsp3) is 0.360. The van der Waals surface area contributed by atoms with Crippen molar-refractivity contribution in [2.75, 3.05) is 25.0 Å². The standard InChI is InChI=1S/C25H31N3O3S/c1-3-28(4-2)22(23-13-7-15-31-23)18-26-25(30)19-9-5-10-20(17-19)27-24(29)14-6-11-21-12-8-16-32-21/h5,7-10,12-13,15-17,22H,3-4,6,11,14,18H2,1-2H3,(H,26,30)(H,27,29). The van der Waals surface area contributed by atoms with Gasteiger partial charge in [0, 0.05) is 29.1 Å². The van der Waals surface area contributed by atoms with Gasteiger partial charge in [-0.2, -0.15) is 0 Å². The first-order valence-electron chi connectivity index (χ1n) is 11.1. The second-order valence-corrected chi connectivity index (χ2v) is 8.56. The zero-order valence-electron chi connectivity index (χ0n) is 18.7. The summed E-state index contributed by atoms with van der Waals surface area (Å²) in [5.74, 6) is 0.610. The summed E-state index contributed by atoms with van der Waals surface area (Å²) in [7, 11) is 0. The number of furan rings is 1. The summed E-state index contributed by atoms with van der Waals surface area (Å²) >= 11 is 1.71. The van der Waals surface area contributed by atoms with Crippen LogP contribution < -0.4 is 10.6 Å². The van der Waals surface area contributed by atoms with E-state index in [1.807, 2.05) is 23.6 Å². The Morgan fingerprint density at radius 2 is 1.94 bits per heavy atom. The summed E-state index contributed by atoms with van der Waals surface area (Å²) < 4.78 is 5.60. The van der Waals surface area contributed by atoms with E-state index in [-0.39, 0.29) is 17.9 Å². The number of anilines is 1. The molecule has 0 aliphatic rings. The quantitative estimate of drug-likeness (QED) is 0.399. The highest BCUT2D eigenvalue weighted by molar-refractivity contribution is 7.09. The molecule has 1 unspecified atom stereocenters. The average Bonchev–Trinajstić information content (AvgIpc) is 3.51. The SMILES string of the molecule is CCN(CC)C(CNC(=O)c1cccc(NC(=O)CCCc2cccs2)c1)c1ccco1. The number of benzene rings is 1. The number of amides is 2. The van der Waals surface area contributed by atoms with Gasteiger partial charge in [-0.25, -0.2) is 0 Å². The highest BCUT2D eigenvalue weighted by Crippen LogP contribution is 2.21. The van der Waals surface area contributed by atoms with Crippen molar-refractivity contribution in [3.05, 3.63) is 76.4 Å². The van der Waals surface area contributed by atoms with E-state index in [9.17, 15) is 9.59 Å². The fourth-order valence-electron chi connectivity index (χ4n) is 3.69. The molecule has 170 valence electrons. The summed E-state index contributed by atoms with van der Waals surface area (Å²) in [5, 5.41) is 7.96. The fourth-order valence-corrected chi connectivity index (χ4v) is 4.44. The van der Waals surface area contributed by atoms with Crippen LogP contribution >= 0.6 is 11.3 Å². The number of nitrogens with zero attached hydrogens (tertiary/aromatic N) is 1. The lowest BCUT2D eigenvalue weighted by atomic mass is 10.1. The predicted molar refractivity (Wildman–Crippen MR) is 129 cm³/mol. The molecule has 0 aliphatic carbocycles. The Kier molecular flexibility index (Phi) is 9.07. The Hall–Kier alpha value is -2.90. The Morgan fingerprint density at radius 1 is 1.09 bits per heavy atom. The molecular formula is C25H31N3O3S. The molecule has 0 aliphatic heterocycles. The van der Waals surface area contributed by atoms with E-state index in [0.29, 0.717) is 24.2 Å². The van der Waals surface area contributed by atoms with Crippen LogP contribution in [0.3, 0.4) is 0 Å². The molecule has 1 aromatic carbocycles. The molecule has 0 fully saturated rings. The Balaban J connectivity index is 1.54. The van der Waals surface area contributed by atoms with Crippen molar-refractivity contribution in [1.29, 1.82) is 0 Å². The van der Waals surface area contributed by atoms with Gasteiger partial charge in [-0.15, -0.1) is 11.3 Å². The number of aryl methyl sites for hydroxylation is 1. The third-order valence-corrected chi connectivity index (χ3v) is 6.33. The minimum atomic E-state index is -0.178. The van der Waals surface area contributed by atoms with Gasteiger partial charge < -0.3 is 15.1 Å². The third kappa shape index (κ3) is 6.80. The van der Waals surface area contributed by atoms with Gasteiger partial charge in [0.1, 0.15) is 5.76 Å². The molecule has 2 N–H and O–H groups in total. The molecule has 0 bridgehead atoms. The molecule has 0 saturated heterocycles. The molecule has 0 radical (unpaired) electrons. The van der Waals surface area contributed by atoms with Crippen LogP contribution in [-0.2, 0) is 11.2 Å². The number of hydrogen-bond acceptors (Lipinski definition) is 5. The van der Waals surface area contributed by atoms with Gasteiger partial charge >= 0.3 is 0 Å². The summed E-state index contributed by atoms with van der Waals surface area (Å²) in [4.78, 5) is 28.6. The zero-order valence-corrected chi connectivity index (χ0v) is 19.5. The first-order chi connectivity index (χ1) is 15.6. The number of nitrogens with one attached hydrogen (secondary N) is 2. The van der Waals surface area contributed by atoms with E-state index >= 15 is 0 Å². The smallest absolute Gasteiger partial charge is 0.251 e. The molecule has 3 rings (SSSR count). The summed E-state index contributed by atoms with van der Waals surface area (Å²) in [5.41, 5.74) is 1.14. The van der Waals surface area contributed by atoms with Gasteiger partial charge in [-0.05, 0) is 67.7 Å². The van der Waals surface area contributed by atoms with Crippen LogP contribution in [-0.4, -0.2) is 36.3 Å². The normalized spacial score (nSPS) is 12.0. The van der Waals surface area contributed by atoms with E-state index in [4.69, 9.17) is 4.42 Å². The highest BCUT2D eigenvalue weighted by Gasteiger charge is 2.21. The van der Waals surface area contributed by atoms with Crippen LogP contribution in [0, 0.1) is 0 Å². The van der Waals surface area contributed by atoms with E-state index in [2.05, 4.69) is 35.4 Å². The molecule has 2 amide bonds. The average molecular weight is 454 g/mol. The number of carbonyl (C=O) groups is 2. The third-order valence-electron chi connectivity index (χ3n) is 5.40. The Labute approximate surface area is 193 Å². The lowest BCUT2D eigenvalue weighted by Gasteiger charge is -2.28. The van der Waals surface area contributed by atoms with Crippen molar-refractivity contribution in [2.45, 2.75) is 39.2 Å². The van der Waals surface area contributed by atoms with E-state index in [0.717, 1.165) is 31.7 Å². The van der Waals surface area contributed by atoms with Crippen molar-refractivity contribution in [2.24, 2.45) is 0 Å². The Morgan fingerprint density at radius 3 is 2.62 bits per heavy atom. The largest absolute Gasteiger partial charge is 0.468 e. The van der Waals surface area contributed by atoms with Crippen LogP contribution in [0.2, 0.25) is 0 Å². The van der Waals surface area contributed by atoms with Gasteiger partial charge in [0.05, 0.1) is 12.3 Å². The van der Waals surface area contributed by atoms with Gasteiger partial charge in [-0.1, -0.05) is 26.0 Å². The van der Waals surface area contributed by atoms with E-state index in [1.54, 1.807) is 41.9 Å². The molecule has 32 heavy (non-hydrogen) atoms. The Bertz CT molecular complexity index is 966. The van der Waals surface area contributed by atoms with Gasteiger partial charge in [0.15, 0.2) is 0 Å². The number of carbonyl (C=O) groups excluding carboxylic acids is 2. The summed E-state index contributed by atoms with van der Waals surface area (Å²) in [6.07, 6.45) is 3.80. The second-order valence-electron chi connectivity index (χ2n) is 7.52. The van der Waals surface area contributed by atoms with Crippen LogP contribution in [0.4, 0.5) is 5.69 Å². The highest BCUT2D eigenvalue weighted by atomic mass is 32.1. The molecule has 0 spiro atoms. The first kappa shape index (κ1) is 23.8. The molecule has 2 aromatic heterocycles. The number of thiophene rings is 1. The minimum Gasteiger partial charge on any atom is -0.468 e. The maximum atomic E-state index is 12.8. The van der Waals surface area contributed by atoms with Gasteiger partial charge in [0.2, 0.25) is 5.91 Å². The topological polar surface area (TPSA) is 74.6 Å². The molecule has 3 aromatic rings. The van der Waals surface area contributed by atoms with Crippen molar-refractivity contribution in [3.8, 4) is 0 Å². The maximum absolute atomic E-state index is 12.8. The van der Waals surface area contributed by atoms with Crippen molar-refractivity contribution >= 4 is 28.8 Å². The first-order valence-corrected chi connectivity index (χ1v) is 12.0. The van der Waals surface area contributed by atoms with Gasteiger partial charge in [-0.3, -0.25) is 14.5 Å². The lowest BCUT2D eigenvalue weighted by molar-refractivity contribution is -0.116. The molecule has 1 atom stereocenters. The summed E-state index contributed by atoms with van der Waals surface area (Å²) in [6, 6.07) is 14.9. The zero-order chi connectivity index (χ0) is 22.8. The molecular weight excluding hydrogens is 422 g/mol. The number of likely N-dealkylation sites (N-methyl/N-ethyl adjacent to an activating group) is 1. The number of hydrogen-bond donors (Lipinski definition) is 2. The van der Waals surface area contributed by atoms with E-state index in [1.165, 1.54) is 4.88 Å². The van der Waals surface area contributed by atoms with Gasteiger partial charge in [0.25, 0.3) is 5.91 Å². The molecule has 0 saturated carbocycles. The van der Waals surface area contributed by atoms with Crippen LogP contribution in [0.15, 0.2) is 64.6 Å². The van der Waals surface area contributed by atoms with E-state index < -0.39 is 0 Å². The molecule has 7 heteroatoms. The van der Waals surface area contributed by atoms with Crippen LogP contribution in [0.25, 0.3) is 0 Å². The molecule has 2 heterocycles. The van der Waals surface area contributed by atoms with Crippen LogP contribution in [0.1, 0.15) is 53.7 Å². The second kappa shape index (κ2) is 12.2. The monoisotopic (exact) mass is 453 g/mol.